The molecule has 3 nitrogen and oxygen atoms in total. The van der Waals surface area contributed by atoms with Gasteiger partial charge < -0.3 is 14.5 Å². The van der Waals surface area contributed by atoms with Gasteiger partial charge in [-0.25, -0.2) is 0 Å². The Bertz CT molecular complexity index is 502. The van der Waals surface area contributed by atoms with Crippen molar-refractivity contribution in [2.45, 2.75) is 33.2 Å². The Morgan fingerprint density at radius 1 is 1.16 bits per heavy atom. The minimum absolute atomic E-state index is 0.149. The average molecular weight is 259 g/mol. The molecule has 3 heteroatoms. The molecule has 0 radical (unpaired) electrons. The van der Waals surface area contributed by atoms with Crippen molar-refractivity contribution in [3.05, 3.63) is 47.9 Å². The Balaban J connectivity index is 1.95. The maximum Gasteiger partial charge on any atom is 0.126 e. The topological polar surface area (TPSA) is 34.4 Å². The van der Waals surface area contributed by atoms with Gasteiger partial charge in [-0.15, -0.1) is 0 Å². The summed E-state index contributed by atoms with van der Waals surface area (Å²) >= 11 is 0. The smallest absolute Gasteiger partial charge is 0.126 e. The highest BCUT2D eigenvalue weighted by Crippen LogP contribution is 2.22. The molecule has 0 amide bonds. The van der Waals surface area contributed by atoms with Crippen LogP contribution in [-0.2, 0) is 0 Å². The fourth-order valence-electron chi connectivity index (χ4n) is 1.87. The van der Waals surface area contributed by atoms with Gasteiger partial charge >= 0.3 is 0 Å². The summed E-state index contributed by atoms with van der Waals surface area (Å²) < 4.78 is 11.2. The summed E-state index contributed by atoms with van der Waals surface area (Å²) in [5, 5.41) is 3.41. The van der Waals surface area contributed by atoms with Gasteiger partial charge in [-0.2, -0.15) is 0 Å². The first-order valence-electron chi connectivity index (χ1n) is 6.74. The van der Waals surface area contributed by atoms with E-state index in [0.29, 0.717) is 0 Å². The van der Waals surface area contributed by atoms with Crippen LogP contribution in [0.1, 0.15) is 37.8 Å². The first kappa shape index (κ1) is 13.5. The predicted molar refractivity (Wildman–Crippen MR) is 77.7 cm³/mol. The Morgan fingerprint density at radius 2 is 1.89 bits per heavy atom. The van der Waals surface area contributed by atoms with Crippen LogP contribution in [0.15, 0.2) is 40.8 Å². The molecule has 19 heavy (non-hydrogen) atoms. The fraction of sp³-hybridized carbons (Fsp3) is 0.375. The molecular weight excluding hydrogens is 238 g/mol. The first-order valence-corrected chi connectivity index (χ1v) is 6.74. The number of aryl methyl sites for hydroxylation is 1. The van der Waals surface area contributed by atoms with Crippen LogP contribution < -0.4 is 10.1 Å². The molecule has 1 aromatic heterocycles. The van der Waals surface area contributed by atoms with Crippen molar-refractivity contribution in [3.63, 3.8) is 0 Å². The lowest BCUT2D eigenvalue weighted by molar-refractivity contribution is 0.317. The standard InChI is InChI=1S/C16H21NO2/c1-4-11-18-15-8-6-14(7-9-15)17-13(3)16-10-5-12(2)19-16/h5-10,13,17H,4,11H2,1-3H3. The second-order valence-electron chi connectivity index (χ2n) is 4.69. The number of nitrogens with one attached hydrogen (secondary N) is 1. The van der Waals surface area contributed by atoms with Gasteiger partial charge in [0, 0.05) is 5.69 Å². The van der Waals surface area contributed by atoms with Crippen LogP contribution in [0.25, 0.3) is 0 Å². The molecule has 102 valence electrons. The Morgan fingerprint density at radius 3 is 2.47 bits per heavy atom. The third kappa shape index (κ3) is 3.78. The lowest BCUT2D eigenvalue weighted by Gasteiger charge is -2.13. The monoisotopic (exact) mass is 259 g/mol. The van der Waals surface area contributed by atoms with Crippen LogP contribution in [0, 0.1) is 6.92 Å². The van der Waals surface area contributed by atoms with Gasteiger partial charge in [0.05, 0.1) is 12.6 Å². The third-order valence-corrected chi connectivity index (χ3v) is 2.90. The van der Waals surface area contributed by atoms with Crippen molar-refractivity contribution in [1.82, 2.24) is 0 Å². The number of ether oxygens (including phenoxy) is 1. The summed E-state index contributed by atoms with van der Waals surface area (Å²) in [6, 6.07) is 12.2. The van der Waals surface area contributed by atoms with Gasteiger partial charge in [0.1, 0.15) is 17.3 Å². The van der Waals surface area contributed by atoms with Gasteiger partial charge in [0.25, 0.3) is 0 Å². The van der Waals surface area contributed by atoms with Crippen molar-refractivity contribution < 1.29 is 9.15 Å². The molecule has 1 aromatic carbocycles. The summed E-state index contributed by atoms with van der Waals surface area (Å²) in [6.45, 7) is 6.90. The Kier molecular flexibility index (Phi) is 4.50. The minimum Gasteiger partial charge on any atom is -0.494 e. The number of rotatable bonds is 6. The summed E-state index contributed by atoms with van der Waals surface area (Å²) in [5.74, 6) is 2.80. The molecule has 0 spiro atoms. The molecule has 0 bridgehead atoms. The van der Waals surface area contributed by atoms with E-state index in [-0.39, 0.29) is 6.04 Å². The zero-order valence-electron chi connectivity index (χ0n) is 11.8. The van der Waals surface area contributed by atoms with Crippen molar-refractivity contribution in [2.75, 3.05) is 11.9 Å². The molecule has 2 rings (SSSR count). The maximum absolute atomic E-state index is 5.61. The van der Waals surface area contributed by atoms with Crippen LogP contribution in [0.2, 0.25) is 0 Å². The van der Waals surface area contributed by atoms with E-state index in [1.807, 2.05) is 43.3 Å². The van der Waals surface area contributed by atoms with E-state index in [9.17, 15) is 0 Å². The number of benzene rings is 1. The summed E-state index contributed by atoms with van der Waals surface area (Å²) in [7, 11) is 0. The molecule has 2 aromatic rings. The van der Waals surface area contributed by atoms with Crippen molar-refractivity contribution in [1.29, 1.82) is 0 Å². The van der Waals surface area contributed by atoms with E-state index in [4.69, 9.17) is 9.15 Å². The second-order valence-corrected chi connectivity index (χ2v) is 4.69. The number of furan rings is 1. The fourth-order valence-corrected chi connectivity index (χ4v) is 1.87. The van der Waals surface area contributed by atoms with Crippen molar-refractivity contribution in [2.24, 2.45) is 0 Å². The van der Waals surface area contributed by atoms with Gasteiger partial charge in [-0.05, 0) is 56.7 Å². The molecule has 0 aliphatic rings. The summed E-state index contributed by atoms with van der Waals surface area (Å²) in [5.41, 5.74) is 1.06. The molecule has 0 saturated heterocycles. The highest BCUT2D eigenvalue weighted by molar-refractivity contribution is 5.47. The van der Waals surface area contributed by atoms with Crippen molar-refractivity contribution in [3.8, 4) is 5.75 Å². The third-order valence-electron chi connectivity index (χ3n) is 2.90. The summed E-state index contributed by atoms with van der Waals surface area (Å²) in [4.78, 5) is 0. The van der Waals surface area contributed by atoms with Crippen molar-refractivity contribution >= 4 is 5.69 Å². The highest BCUT2D eigenvalue weighted by atomic mass is 16.5. The SMILES string of the molecule is CCCOc1ccc(NC(C)c2ccc(C)o2)cc1. The van der Waals surface area contributed by atoms with E-state index in [2.05, 4.69) is 19.2 Å². The number of anilines is 1. The zero-order valence-corrected chi connectivity index (χ0v) is 11.8. The van der Waals surface area contributed by atoms with Gasteiger partial charge in [0.15, 0.2) is 0 Å². The van der Waals surface area contributed by atoms with Crippen LogP contribution >= 0.6 is 0 Å². The minimum atomic E-state index is 0.149. The second kappa shape index (κ2) is 6.32. The molecule has 0 aliphatic heterocycles. The summed E-state index contributed by atoms with van der Waals surface area (Å²) in [6.07, 6.45) is 1.02. The Hall–Kier alpha value is -1.90. The molecular formula is C16H21NO2. The van der Waals surface area contributed by atoms with E-state index >= 15 is 0 Å². The highest BCUT2D eigenvalue weighted by Gasteiger charge is 2.09. The van der Waals surface area contributed by atoms with Crippen LogP contribution in [0.3, 0.4) is 0 Å². The Labute approximate surface area is 114 Å². The van der Waals surface area contributed by atoms with E-state index in [1.165, 1.54) is 0 Å². The van der Waals surface area contributed by atoms with Crippen LogP contribution in [-0.4, -0.2) is 6.61 Å². The molecule has 1 heterocycles. The normalized spacial score (nSPS) is 12.2. The predicted octanol–water partition coefficient (Wildman–Crippen LogP) is 4.55. The lowest BCUT2D eigenvalue weighted by Crippen LogP contribution is -2.05. The largest absolute Gasteiger partial charge is 0.494 e. The number of hydrogen-bond acceptors (Lipinski definition) is 3. The first-order chi connectivity index (χ1) is 9.19. The molecule has 1 N–H and O–H groups in total. The van der Waals surface area contributed by atoms with E-state index < -0.39 is 0 Å². The molecule has 0 fully saturated rings. The maximum atomic E-state index is 5.61. The number of hydrogen-bond donors (Lipinski definition) is 1. The molecule has 1 unspecified atom stereocenters. The van der Waals surface area contributed by atoms with Crippen LogP contribution in [0.5, 0.6) is 5.75 Å². The molecule has 0 aliphatic carbocycles. The molecule has 0 saturated carbocycles. The van der Waals surface area contributed by atoms with E-state index in [0.717, 1.165) is 36.0 Å². The molecule has 1 atom stereocenters. The van der Waals surface area contributed by atoms with Crippen LogP contribution in [0.4, 0.5) is 5.69 Å². The average Bonchev–Trinajstić information content (AvgIpc) is 2.85. The quantitative estimate of drug-likeness (QED) is 0.826. The van der Waals surface area contributed by atoms with Gasteiger partial charge in [-0.1, -0.05) is 6.92 Å². The van der Waals surface area contributed by atoms with Gasteiger partial charge in [-0.3, -0.25) is 0 Å². The zero-order chi connectivity index (χ0) is 13.7. The van der Waals surface area contributed by atoms with Gasteiger partial charge in [0.2, 0.25) is 0 Å². The lowest BCUT2D eigenvalue weighted by atomic mass is 10.2. The van der Waals surface area contributed by atoms with E-state index in [1.54, 1.807) is 0 Å².